The number of pyridine rings is 1. The van der Waals surface area contributed by atoms with Crippen LogP contribution in [0.4, 0.5) is 5.69 Å². The van der Waals surface area contributed by atoms with Crippen LogP contribution in [0.3, 0.4) is 0 Å². The number of amides is 1. The molecule has 1 aromatic carbocycles. The van der Waals surface area contributed by atoms with Crippen molar-refractivity contribution >= 4 is 34.2 Å². The van der Waals surface area contributed by atoms with E-state index in [0.29, 0.717) is 34.5 Å². The monoisotopic (exact) mass is 367 g/mol. The highest BCUT2D eigenvalue weighted by atomic mass is 35.5. The van der Waals surface area contributed by atoms with Crippen LogP contribution in [-0.2, 0) is 11.0 Å². The molecule has 126 valence electrons. The molecule has 0 radical (unpaired) electrons. The molecule has 1 unspecified atom stereocenters. The number of benzene rings is 1. The van der Waals surface area contributed by atoms with Gasteiger partial charge in [0.1, 0.15) is 22.8 Å². The maximum Gasteiger partial charge on any atom is 0.256 e. The van der Waals surface area contributed by atoms with Crippen molar-refractivity contribution in [1.82, 2.24) is 10.3 Å². The lowest BCUT2D eigenvalue weighted by atomic mass is 10.2. The number of fused-ring (bicyclic) bond motifs is 1. The molecular weight excluding hydrogens is 354 g/mol. The van der Waals surface area contributed by atoms with Gasteiger partial charge in [-0.1, -0.05) is 11.6 Å². The Bertz CT molecular complexity index is 815. The minimum atomic E-state index is -1.64. The third-order valence-corrected chi connectivity index (χ3v) is 4.63. The third kappa shape index (κ3) is 3.44. The Balaban J connectivity index is 1.88. The van der Waals surface area contributed by atoms with Gasteiger partial charge in [0, 0.05) is 5.02 Å². The Morgan fingerprint density at radius 1 is 1.42 bits per heavy atom. The molecule has 1 amide bonds. The molecule has 2 N–H and O–H groups in total. The molecule has 0 bridgehead atoms. The van der Waals surface area contributed by atoms with E-state index in [0.717, 1.165) is 0 Å². The predicted octanol–water partition coefficient (Wildman–Crippen LogP) is 2.00. The maximum absolute atomic E-state index is 12.6. The Labute approximate surface area is 145 Å². The van der Waals surface area contributed by atoms with Crippen molar-refractivity contribution in [3.63, 3.8) is 0 Å². The van der Waals surface area contributed by atoms with Gasteiger partial charge in [0.25, 0.3) is 5.91 Å². The third-order valence-electron chi connectivity index (χ3n) is 3.26. The summed E-state index contributed by atoms with van der Waals surface area (Å²) in [6.45, 7) is 0.758. The van der Waals surface area contributed by atoms with Gasteiger partial charge in [0.15, 0.2) is 11.0 Å². The molecule has 2 heterocycles. The number of halogens is 1. The zero-order valence-electron chi connectivity index (χ0n) is 12.7. The number of hydrogen-bond acceptors (Lipinski definition) is 5. The summed E-state index contributed by atoms with van der Waals surface area (Å²) in [6, 6.07) is 6.37. The van der Waals surface area contributed by atoms with E-state index in [1.165, 1.54) is 19.4 Å². The van der Waals surface area contributed by atoms with Crippen LogP contribution in [0, 0.1) is 0 Å². The highest BCUT2D eigenvalue weighted by molar-refractivity contribution is 7.86. The summed E-state index contributed by atoms with van der Waals surface area (Å²) >= 11 is 5.95. The topological polar surface area (TPSA) is 89.5 Å². The highest BCUT2D eigenvalue weighted by Gasteiger charge is 2.19. The van der Waals surface area contributed by atoms with Crippen LogP contribution in [0.25, 0.3) is 0 Å². The first kappa shape index (κ1) is 16.5. The molecule has 1 aliphatic heterocycles. The average Bonchev–Trinajstić information content (AvgIpc) is 2.76. The van der Waals surface area contributed by atoms with Crippen LogP contribution < -0.4 is 19.5 Å². The summed E-state index contributed by atoms with van der Waals surface area (Å²) in [5.41, 5.74) is 0.697. The van der Waals surface area contributed by atoms with E-state index in [9.17, 15) is 9.00 Å². The van der Waals surface area contributed by atoms with Crippen molar-refractivity contribution in [2.75, 3.05) is 25.0 Å². The van der Waals surface area contributed by atoms with Crippen LogP contribution in [-0.4, -0.2) is 35.4 Å². The summed E-state index contributed by atoms with van der Waals surface area (Å²) in [4.78, 5) is 16.5. The number of carbonyl (C=O) groups is 1. The number of nitrogens with zero attached hydrogens (tertiary/aromatic N) is 1. The molecule has 1 aromatic heterocycles. The second kappa shape index (κ2) is 7.06. The minimum Gasteiger partial charge on any atom is -0.495 e. The van der Waals surface area contributed by atoms with Gasteiger partial charge in [-0.05, 0) is 24.3 Å². The molecule has 1 atom stereocenters. The average molecular weight is 368 g/mol. The molecule has 1 aliphatic rings. The maximum atomic E-state index is 12.6. The number of carbonyl (C=O) groups excluding carboxylic acids is 1. The molecular formula is C15H14ClN3O4S. The molecule has 3 rings (SSSR count). The molecule has 0 aliphatic carbocycles. The van der Waals surface area contributed by atoms with E-state index < -0.39 is 11.0 Å². The van der Waals surface area contributed by atoms with Crippen LogP contribution >= 0.6 is 11.6 Å². The van der Waals surface area contributed by atoms with E-state index in [1.807, 2.05) is 0 Å². The summed E-state index contributed by atoms with van der Waals surface area (Å²) in [6.07, 6.45) is 1.45. The number of anilines is 1. The predicted molar refractivity (Wildman–Crippen MR) is 90.1 cm³/mol. The molecule has 9 heteroatoms. The van der Waals surface area contributed by atoms with Crippen molar-refractivity contribution < 1.29 is 18.5 Å². The second-order valence-corrected chi connectivity index (χ2v) is 6.46. The Morgan fingerprint density at radius 2 is 2.25 bits per heavy atom. The van der Waals surface area contributed by atoms with Crippen molar-refractivity contribution in [3.8, 4) is 11.6 Å². The quantitative estimate of drug-likeness (QED) is 0.862. The fraction of sp³-hybridized carbons (Fsp3) is 0.200. The lowest BCUT2D eigenvalue weighted by Gasteiger charge is -2.11. The first-order valence-corrected chi connectivity index (χ1v) is 8.54. The number of rotatable bonds is 4. The summed E-state index contributed by atoms with van der Waals surface area (Å²) in [7, 11) is -0.163. The fourth-order valence-corrected chi connectivity index (χ4v) is 3.39. The van der Waals surface area contributed by atoms with Gasteiger partial charge in [-0.15, -0.1) is 0 Å². The fourth-order valence-electron chi connectivity index (χ4n) is 2.15. The SMILES string of the molecule is COc1ccc(Cl)cc1S(=O)Nc1cnc2c(c1)C(=O)NCCO2. The smallest absolute Gasteiger partial charge is 0.256 e. The first-order chi connectivity index (χ1) is 11.6. The zero-order valence-corrected chi connectivity index (χ0v) is 14.2. The lowest BCUT2D eigenvalue weighted by Crippen LogP contribution is -2.24. The number of nitrogens with one attached hydrogen (secondary N) is 2. The number of ether oxygens (including phenoxy) is 2. The number of hydrogen-bond donors (Lipinski definition) is 2. The minimum absolute atomic E-state index is 0.252. The van der Waals surface area contributed by atoms with Crippen molar-refractivity contribution in [2.24, 2.45) is 0 Å². The number of methoxy groups -OCH3 is 1. The number of aromatic nitrogens is 1. The van der Waals surface area contributed by atoms with E-state index in [4.69, 9.17) is 21.1 Å². The zero-order chi connectivity index (χ0) is 17.1. The van der Waals surface area contributed by atoms with Gasteiger partial charge >= 0.3 is 0 Å². The molecule has 0 saturated heterocycles. The van der Waals surface area contributed by atoms with Crippen LogP contribution in [0.2, 0.25) is 5.02 Å². The van der Waals surface area contributed by atoms with Crippen molar-refractivity contribution in [2.45, 2.75) is 4.90 Å². The van der Waals surface area contributed by atoms with E-state index in [1.54, 1.807) is 18.2 Å². The van der Waals surface area contributed by atoms with Crippen molar-refractivity contribution in [3.05, 3.63) is 41.0 Å². The standard InChI is InChI=1S/C15H14ClN3O4S/c1-22-12-3-2-9(16)6-13(12)24(21)19-10-7-11-14(20)17-4-5-23-15(11)18-8-10/h2-3,6-8,19H,4-5H2,1H3,(H,17,20). The van der Waals surface area contributed by atoms with Crippen LogP contribution in [0.5, 0.6) is 11.6 Å². The van der Waals surface area contributed by atoms with Crippen LogP contribution in [0.15, 0.2) is 35.4 Å². The molecule has 0 fully saturated rings. The molecule has 24 heavy (non-hydrogen) atoms. The highest BCUT2D eigenvalue weighted by Crippen LogP contribution is 2.27. The molecule has 0 saturated carbocycles. The normalized spacial score (nSPS) is 14.7. The first-order valence-electron chi connectivity index (χ1n) is 7.01. The lowest BCUT2D eigenvalue weighted by molar-refractivity contribution is 0.0957. The summed E-state index contributed by atoms with van der Waals surface area (Å²) in [5, 5.41) is 3.13. The van der Waals surface area contributed by atoms with Crippen molar-refractivity contribution in [1.29, 1.82) is 0 Å². The Hall–Kier alpha value is -2.32. The Morgan fingerprint density at radius 3 is 3.04 bits per heavy atom. The van der Waals surface area contributed by atoms with Gasteiger partial charge in [0.2, 0.25) is 5.88 Å². The summed E-state index contributed by atoms with van der Waals surface area (Å²) < 4.78 is 25.9. The largest absolute Gasteiger partial charge is 0.495 e. The van der Waals surface area contributed by atoms with E-state index in [2.05, 4.69) is 15.0 Å². The van der Waals surface area contributed by atoms with Crippen LogP contribution in [0.1, 0.15) is 10.4 Å². The van der Waals surface area contributed by atoms with Gasteiger partial charge in [-0.3, -0.25) is 9.52 Å². The summed E-state index contributed by atoms with van der Waals surface area (Å²) in [5.74, 6) is 0.403. The molecule has 0 spiro atoms. The van der Waals surface area contributed by atoms with Gasteiger partial charge in [0.05, 0.1) is 25.5 Å². The van der Waals surface area contributed by atoms with Gasteiger partial charge in [-0.2, -0.15) is 0 Å². The van der Waals surface area contributed by atoms with E-state index in [-0.39, 0.29) is 17.4 Å². The molecule has 7 nitrogen and oxygen atoms in total. The Kier molecular flexibility index (Phi) is 4.86. The van der Waals surface area contributed by atoms with Gasteiger partial charge in [-0.25, -0.2) is 9.19 Å². The van der Waals surface area contributed by atoms with E-state index >= 15 is 0 Å². The molecule has 2 aromatic rings. The second-order valence-electron chi connectivity index (χ2n) is 4.85. The van der Waals surface area contributed by atoms with Gasteiger partial charge < -0.3 is 14.8 Å².